The Labute approximate surface area is 157 Å². The van der Waals surface area contributed by atoms with Gasteiger partial charge in [0.15, 0.2) is 5.60 Å². The largest absolute Gasteiger partial charge is 0.372 e. The lowest BCUT2D eigenvalue weighted by atomic mass is 10.0. The summed E-state index contributed by atoms with van der Waals surface area (Å²) in [7, 11) is 0. The van der Waals surface area contributed by atoms with Crippen LogP contribution < -0.4 is 0 Å². The van der Waals surface area contributed by atoms with Gasteiger partial charge in [-0.15, -0.1) is 0 Å². The minimum Gasteiger partial charge on any atom is -0.372 e. The highest BCUT2D eigenvalue weighted by atomic mass is 16.5. The first-order chi connectivity index (χ1) is 12.9. The molecule has 0 spiro atoms. The molecule has 0 amide bonds. The number of rotatable bonds is 2. The van der Waals surface area contributed by atoms with E-state index in [0.717, 1.165) is 33.3 Å². The van der Waals surface area contributed by atoms with Gasteiger partial charge < -0.3 is 14.6 Å². The van der Waals surface area contributed by atoms with E-state index in [1.54, 1.807) is 32.3 Å². The van der Waals surface area contributed by atoms with E-state index in [4.69, 9.17) is 4.52 Å². The number of hydrogen-bond acceptors (Lipinski definition) is 4. The van der Waals surface area contributed by atoms with Crippen LogP contribution in [-0.4, -0.2) is 20.2 Å². The zero-order valence-corrected chi connectivity index (χ0v) is 15.4. The highest BCUT2D eigenvalue weighted by molar-refractivity contribution is 5.98. The summed E-state index contributed by atoms with van der Waals surface area (Å²) in [5.74, 6) is 6.60. The monoisotopic (exact) mass is 357 g/mol. The van der Waals surface area contributed by atoms with E-state index in [-0.39, 0.29) is 0 Å². The number of aliphatic hydroxyl groups is 1. The van der Waals surface area contributed by atoms with Crippen molar-refractivity contribution in [2.24, 2.45) is 0 Å². The molecule has 0 fully saturated rings. The summed E-state index contributed by atoms with van der Waals surface area (Å²) in [5, 5.41) is 15.6. The average Bonchev–Trinajstić information content (AvgIpc) is 3.23. The van der Waals surface area contributed by atoms with Gasteiger partial charge in [0.1, 0.15) is 11.5 Å². The first-order valence-electron chi connectivity index (χ1n) is 8.66. The summed E-state index contributed by atoms with van der Waals surface area (Å²) < 4.78 is 5.04. The summed E-state index contributed by atoms with van der Waals surface area (Å²) in [5.41, 5.74) is 4.21. The number of fused-ring (bicyclic) bond motifs is 1. The lowest BCUT2D eigenvalue weighted by Gasteiger charge is -2.11. The van der Waals surface area contributed by atoms with Crippen LogP contribution in [0.1, 0.15) is 29.6 Å². The van der Waals surface area contributed by atoms with E-state index >= 15 is 0 Å². The molecule has 27 heavy (non-hydrogen) atoms. The summed E-state index contributed by atoms with van der Waals surface area (Å²) in [6.45, 7) is 5.44. The SMILES string of the molecule is Cc1cc(C(C)(O)C#Cc2ccc3[nH]c(C)c(-c4ccncc4)c3c2)no1. The van der Waals surface area contributed by atoms with Gasteiger partial charge in [0.2, 0.25) is 0 Å². The van der Waals surface area contributed by atoms with Crippen LogP contribution in [0.25, 0.3) is 22.0 Å². The van der Waals surface area contributed by atoms with Crippen LogP contribution in [0, 0.1) is 25.7 Å². The molecule has 0 saturated carbocycles. The second-order valence-corrected chi connectivity index (χ2v) is 6.77. The van der Waals surface area contributed by atoms with Crippen LogP contribution in [0.4, 0.5) is 0 Å². The van der Waals surface area contributed by atoms with Crippen molar-refractivity contribution in [1.82, 2.24) is 15.1 Å². The van der Waals surface area contributed by atoms with Crippen molar-refractivity contribution in [3.63, 3.8) is 0 Å². The first-order valence-corrected chi connectivity index (χ1v) is 8.66. The normalized spacial score (nSPS) is 13.2. The molecule has 5 heteroatoms. The molecule has 134 valence electrons. The van der Waals surface area contributed by atoms with Crippen LogP contribution in [0.3, 0.4) is 0 Å². The van der Waals surface area contributed by atoms with Gasteiger partial charge in [-0.1, -0.05) is 17.0 Å². The lowest BCUT2D eigenvalue weighted by molar-refractivity contribution is 0.112. The fourth-order valence-electron chi connectivity index (χ4n) is 3.15. The van der Waals surface area contributed by atoms with Crippen LogP contribution in [0.2, 0.25) is 0 Å². The highest BCUT2D eigenvalue weighted by Crippen LogP contribution is 2.32. The maximum atomic E-state index is 10.6. The predicted octanol–water partition coefficient (Wildman–Crippen LogP) is 4.09. The Hall–Kier alpha value is -3.36. The Balaban J connectivity index is 1.77. The molecule has 4 rings (SSSR count). The van der Waals surface area contributed by atoms with Crippen molar-refractivity contribution in [3.05, 3.63) is 71.5 Å². The molecular formula is C22H19N3O2. The molecule has 1 unspecified atom stereocenters. The maximum Gasteiger partial charge on any atom is 0.168 e. The third kappa shape index (κ3) is 3.23. The predicted molar refractivity (Wildman–Crippen MR) is 104 cm³/mol. The van der Waals surface area contributed by atoms with E-state index in [1.165, 1.54) is 0 Å². The smallest absolute Gasteiger partial charge is 0.168 e. The Kier molecular flexibility index (Phi) is 4.06. The van der Waals surface area contributed by atoms with E-state index in [1.807, 2.05) is 30.3 Å². The maximum absolute atomic E-state index is 10.6. The van der Waals surface area contributed by atoms with Gasteiger partial charge >= 0.3 is 0 Å². The van der Waals surface area contributed by atoms with Gasteiger partial charge in [-0.3, -0.25) is 4.98 Å². The van der Waals surface area contributed by atoms with Crippen molar-refractivity contribution < 1.29 is 9.63 Å². The Morgan fingerprint density at radius 1 is 1.11 bits per heavy atom. The molecule has 4 aromatic rings. The zero-order chi connectivity index (χ0) is 19.0. The van der Waals surface area contributed by atoms with Crippen molar-refractivity contribution in [1.29, 1.82) is 0 Å². The molecule has 0 aliphatic carbocycles. The number of aromatic nitrogens is 3. The van der Waals surface area contributed by atoms with Gasteiger partial charge in [-0.2, -0.15) is 0 Å². The topological polar surface area (TPSA) is 74.9 Å². The standard InChI is InChI=1S/C22H19N3O2/c1-14-12-20(25-27-14)22(3,26)9-6-16-4-5-19-18(13-16)21(15(2)24-19)17-7-10-23-11-8-17/h4-5,7-8,10-13,24,26H,1-3H3. The molecule has 5 nitrogen and oxygen atoms in total. The van der Waals surface area contributed by atoms with Crippen molar-refractivity contribution in [3.8, 4) is 23.0 Å². The fourth-order valence-corrected chi connectivity index (χ4v) is 3.15. The third-order valence-electron chi connectivity index (χ3n) is 4.53. The number of nitrogens with zero attached hydrogens (tertiary/aromatic N) is 2. The highest BCUT2D eigenvalue weighted by Gasteiger charge is 2.24. The lowest BCUT2D eigenvalue weighted by Crippen LogP contribution is -2.18. The van der Waals surface area contributed by atoms with Gasteiger partial charge in [-0.25, -0.2) is 0 Å². The second kappa shape index (κ2) is 6.42. The molecule has 3 heterocycles. The van der Waals surface area contributed by atoms with Gasteiger partial charge in [0.25, 0.3) is 0 Å². The molecular weight excluding hydrogens is 338 g/mol. The molecule has 0 radical (unpaired) electrons. The van der Waals surface area contributed by atoms with Gasteiger partial charge in [0.05, 0.1) is 0 Å². The summed E-state index contributed by atoms with van der Waals surface area (Å²) in [4.78, 5) is 7.51. The first kappa shape index (κ1) is 17.1. The van der Waals surface area contributed by atoms with E-state index in [0.29, 0.717) is 11.5 Å². The van der Waals surface area contributed by atoms with Crippen LogP contribution in [-0.2, 0) is 5.60 Å². The van der Waals surface area contributed by atoms with Gasteiger partial charge in [-0.05, 0) is 56.7 Å². The number of H-pyrrole nitrogens is 1. The average molecular weight is 357 g/mol. The third-order valence-corrected chi connectivity index (χ3v) is 4.53. The van der Waals surface area contributed by atoms with Crippen molar-refractivity contribution >= 4 is 10.9 Å². The number of hydrogen-bond donors (Lipinski definition) is 2. The number of aryl methyl sites for hydroxylation is 2. The molecule has 0 aliphatic heterocycles. The Morgan fingerprint density at radius 3 is 2.59 bits per heavy atom. The van der Waals surface area contributed by atoms with Crippen molar-refractivity contribution in [2.75, 3.05) is 0 Å². The number of nitrogens with one attached hydrogen (secondary N) is 1. The number of pyridine rings is 1. The van der Waals surface area contributed by atoms with Crippen LogP contribution in [0.5, 0.6) is 0 Å². The molecule has 3 aromatic heterocycles. The van der Waals surface area contributed by atoms with E-state index < -0.39 is 5.60 Å². The number of aromatic amines is 1. The molecule has 1 atom stereocenters. The summed E-state index contributed by atoms with van der Waals surface area (Å²) >= 11 is 0. The van der Waals surface area contributed by atoms with Crippen molar-refractivity contribution in [2.45, 2.75) is 26.4 Å². The fraction of sp³-hybridized carbons (Fsp3) is 0.182. The molecule has 0 bridgehead atoms. The summed E-state index contributed by atoms with van der Waals surface area (Å²) in [6.07, 6.45) is 3.57. The Bertz CT molecular complexity index is 1170. The second-order valence-electron chi connectivity index (χ2n) is 6.77. The minimum atomic E-state index is -1.38. The zero-order valence-electron chi connectivity index (χ0n) is 15.4. The number of benzene rings is 1. The molecule has 1 aromatic carbocycles. The van der Waals surface area contributed by atoms with E-state index in [2.05, 4.69) is 33.9 Å². The van der Waals surface area contributed by atoms with Crippen LogP contribution >= 0.6 is 0 Å². The minimum absolute atomic E-state index is 0.406. The molecule has 0 aliphatic rings. The van der Waals surface area contributed by atoms with E-state index in [9.17, 15) is 5.11 Å². The Morgan fingerprint density at radius 2 is 1.89 bits per heavy atom. The molecule has 0 saturated heterocycles. The van der Waals surface area contributed by atoms with Crippen LogP contribution in [0.15, 0.2) is 53.3 Å². The van der Waals surface area contributed by atoms with Gasteiger partial charge in [0, 0.05) is 46.2 Å². The molecule has 2 N–H and O–H groups in total. The summed E-state index contributed by atoms with van der Waals surface area (Å²) in [6, 6.07) is 11.6. The quantitative estimate of drug-likeness (QED) is 0.530.